The van der Waals surface area contributed by atoms with E-state index < -0.39 is 0 Å². The lowest BCUT2D eigenvalue weighted by Gasteiger charge is -1.87. The summed E-state index contributed by atoms with van der Waals surface area (Å²) in [6.07, 6.45) is 4.53. The van der Waals surface area contributed by atoms with Crippen molar-refractivity contribution in [3.63, 3.8) is 0 Å². The molecule has 0 saturated carbocycles. The lowest BCUT2D eigenvalue weighted by molar-refractivity contribution is -0.134. The largest absolute Gasteiger partial charge is 0.466 e. The lowest BCUT2D eigenvalue weighted by atomic mass is 10.4. The number of aromatic nitrogens is 2. The molecule has 0 atom stereocenters. The summed E-state index contributed by atoms with van der Waals surface area (Å²) in [6.45, 7) is 0. The molecule has 58 valence electrons. The van der Waals surface area contributed by atoms with Crippen LogP contribution in [0.4, 0.5) is 0 Å². The number of rotatable bonds is 2. The van der Waals surface area contributed by atoms with E-state index in [0.29, 0.717) is 0 Å². The molecule has 1 rings (SSSR count). The highest BCUT2D eigenvalue weighted by Crippen LogP contribution is 1.94. The topological polar surface area (TPSA) is 55.0 Å². The van der Waals surface area contributed by atoms with Gasteiger partial charge in [0, 0.05) is 12.3 Å². The molecule has 0 saturated heterocycles. The van der Waals surface area contributed by atoms with Crippen molar-refractivity contribution >= 4 is 12.0 Å². The number of carbonyl (C=O) groups excluding carboxylic acids is 1. The Balaban J connectivity index is 2.55. The predicted molar refractivity (Wildman–Crippen MR) is 39.6 cm³/mol. The molecule has 11 heavy (non-hydrogen) atoms. The maximum Gasteiger partial charge on any atom is 0.330 e. The number of methoxy groups -OCH3 is 1. The number of carbonyl (C=O) groups is 1. The van der Waals surface area contributed by atoms with Crippen molar-refractivity contribution in [3.8, 4) is 0 Å². The van der Waals surface area contributed by atoms with E-state index in [1.165, 1.54) is 13.2 Å². The molecular weight excluding hydrogens is 144 g/mol. The second kappa shape index (κ2) is 3.55. The normalized spacial score (nSPS) is 10.3. The van der Waals surface area contributed by atoms with Gasteiger partial charge in [0.15, 0.2) is 0 Å². The first-order chi connectivity index (χ1) is 5.33. The van der Waals surface area contributed by atoms with Crippen LogP contribution in [0.1, 0.15) is 5.69 Å². The van der Waals surface area contributed by atoms with Gasteiger partial charge in [0.2, 0.25) is 0 Å². The second-order valence-electron chi connectivity index (χ2n) is 1.87. The number of hydrogen-bond donors (Lipinski definition) is 1. The van der Waals surface area contributed by atoms with Gasteiger partial charge in [-0.1, -0.05) is 0 Å². The summed E-state index contributed by atoms with van der Waals surface area (Å²) >= 11 is 0. The molecule has 4 heteroatoms. The van der Waals surface area contributed by atoms with Crippen molar-refractivity contribution in [2.75, 3.05) is 7.11 Å². The first kappa shape index (κ1) is 7.53. The highest BCUT2D eigenvalue weighted by Gasteiger charge is 1.90. The number of hydrogen-bond acceptors (Lipinski definition) is 3. The third-order valence-electron chi connectivity index (χ3n) is 1.12. The fraction of sp³-hybridized carbons (Fsp3) is 0.143. The summed E-state index contributed by atoms with van der Waals surface area (Å²) in [5.41, 5.74) is 0.774. The average molecular weight is 152 g/mol. The minimum absolute atomic E-state index is 0.375. The summed E-state index contributed by atoms with van der Waals surface area (Å²) in [5, 5.41) is 6.37. The Morgan fingerprint density at radius 2 is 2.64 bits per heavy atom. The Bertz CT molecular complexity index is 251. The van der Waals surface area contributed by atoms with Crippen LogP contribution < -0.4 is 0 Å². The van der Waals surface area contributed by atoms with Gasteiger partial charge in [-0.25, -0.2) is 4.79 Å². The smallest absolute Gasteiger partial charge is 0.330 e. The van der Waals surface area contributed by atoms with Crippen LogP contribution in [0, 0.1) is 0 Å². The van der Waals surface area contributed by atoms with E-state index in [2.05, 4.69) is 14.9 Å². The Hall–Kier alpha value is -1.58. The van der Waals surface area contributed by atoms with Crippen LogP contribution in [-0.4, -0.2) is 23.3 Å². The summed E-state index contributed by atoms with van der Waals surface area (Å²) < 4.78 is 4.39. The highest BCUT2D eigenvalue weighted by molar-refractivity contribution is 5.86. The Kier molecular flexibility index (Phi) is 2.43. The van der Waals surface area contributed by atoms with Crippen LogP contribution >= 0.6 is 0 Å². The van der Waals surface area contributed by atoms with Gasteiger partial charge in [-0.3, -0.25) is 5.10 Å². The van der Waals surface area contributed by atoms with E-state index in [-0.39, 0.29) is 5.97 Å². The molecule has 0 aliphatic carbocycles. The number of nitrogens with zero attached hydrogens (tertiary/aromatic N) is 1. The van der Waals surface area contributed by atoms with Gasteiger partial charge in [-0.05, 0) is 12.1 Å². The number of nitrogens with one attached hydrogen (secondary N) is 1. The van der Waals surface area contributed by atoms with Crippen LogP contribution in [0.15, 0.2) is 18.3 Å². The van der Waals surface area contributed by atoms with E-state index in [4.69, 9.17) is 0 Å². The van der Waals surface area contributed by atoms with Gasteiger partial charge in [-0.15, -0.1) is 0 Å². The SMILES string of the molecule is COC(=O)/C=C/c1ccn[nH]1. The summed E-state index contributed by atoms with van der Waals surface area (Å²) in [4.78, 5) is 10.6. The first-order valence-electron chi connectivity index (χ1n) is 3.08. The summed E-state index contributed by atoms with van der Waals surface area (Å²) in [6, 6.07) is 1.75. The number of ether oxygens (including phenoxy) is 1. The molecular formula is C7H8N2O2. The van der Waals surface area contributed by atoms with Crippen molar-refractivity contribution in [3.05, 3.63) is 24.0 Å². The van der Waals surface area contributed by atoms with Crippen LogP contribution in [-0.2, 0) is 9.53 Å². The quantitative estimate of drug-likeness (QED) is 0.498. The molecule has 0 spiro atoms. The molecule has 1 N–H and O–H groups in total. The van der Waals surface area contributed by atoms with Crippen molar-refractivity contribution < 1.29 is 9.53 Å². The predicted octanol–water partition coefficient (Wildman–Crippen LogP) is 0.596. The third-order valence-corrected chi connectivity index (χ3v) is 1.12. The fourth-order valence-electron chi connectivity index (χ4n) is 0.585. The molecule has 0 fully saturated rings. The van der Waals surface area contributed by atoms with Crippen molar-refractivity contribution in [1.82, 2.24) is 10.2 Å². The number of aromatic amines is 1. The molecule has 0 aliphatic rings. The molecule has 0 amide bonds. The highest BCUT2D eigenvalue weighted by atomic mass is 16.5. The van der Waals surface area contributed by atoms with Gasteiger partial charge in [0.05, 0.1) is 12.8 Å². The maximum absolute atomic E-state index is 10.6. The average Bonchev–Trinajstić information content (AvgIpc) is 2.52. The standard InChI is InChI=1S/C7H8N2O2/c1-11-7(10)3-2-6-4-5-8-9-6/h2-5H,1H3,(H,8,9)/b3-2+. The van der Waals surface area contributed by atoms with Crippen LogP contribution in [0.5, 0.6) is 0 Å². The summed E-state index contributed by atoms with van der Waals surface area (Å²) in [5.74, 6) is -0.375. The monoisotopic (exact) mass is 152 g/mol. The fourth-order valence-corrected chi connectivity index (χ4v) is 0.585. The Morgan fingerprint density at radius 1 is 1.82 bits per heavy atom. The van der Waals surface area contributed by atoms with E-state index in [9.17, 15) is 4.79 Å². The minimum atomic E-state index is -0.375. The first-order valence-corrected chi connectivity index (χ1v) is 3.08. The lowest BCUT2D eigenvalue weighted by Crippen LogP contribution is -1.93. The molecule has 0 aliphatic heterocycles. The number of H-pyrrole nitrogens is 1. The molecule has 1 aromatic rings. The maximum atomic E-state index is 10.6. The zero-order valence-corrected chi connectivity index (χ0v) is 6.07. The second-order valence-corrected chi connectivity index (χ2v) is 1.87. The molecule has 0 bridgehead atoms. The van der Waals surface area contributed by atoms with E-state index >= 15 is 0 Å². The Labute approximate surface area is 63.9 Å². The zero-order chi connectivity index (χ0) is 8.10. The van der Waals surface area contributed by atoms with Crippen molar-refractivity contribution in [1.29, 1.82) is 0 Å². The summed E-state index contributed by atoms with van der Waals surface area (Å²) in [7, 11) is 1.33. The molecule has 0 aromatic carbocycles. The Morgan fingerprint density at radius 3 is 3.18 bits per heavy atom. The van der Waals surface area contributed by atoms with Gasteiger partial charge in [-0.2, -0.15) is 5.10 Å². The van der Waals surface area contributed by atoms with Gasteiger partial charge in [0.1, 0.15) is 0 Å². The van der Waals surface area contributed by atoms with Gasteiger partial charge in [0.25, 0.3) is 0 Å². The van der Waals surface area contributed by atoms with Crippen molar-refractivity contribution in [2.24, 2.45) is 0 Å². The molecule has 0 radical (unpaired) electrons. The molecule has 4 nitrogen and oxygen atoms in total. The minimum Gasteiger partial charge on any atom is -0.466 e. The van der Waals surface area contributed by atoms with E-state index in [1.54, 1.807) is 18.3 Å². The zero-order valence-electron chi connectivity index (χ0n) is 6.07. The third kappa shape index (κ3) is 2.25. The van der Waals surface area contributed by atoms with Crippen molar-refractivity contribution in [2.45, 2.75) is 0 Å². The van der Waals surface area contributed by atoms with Crippen LogP contribution in [0.3, 0.4) is 0 Å². The molecule has 0 unspecified atom stereocenters. The van der Waals surface area contributed by atoms with E-state index in [0.717, 1.165) is 5.69 Å². The molecule has 1 aromatic heterocycles. The van der Waals surface area contributed by atoms with Gasteiger partial charge >= 0.3 is 5.97 Å². The van der Waals surface area contributed by atoms with Gasteiger partial charge < -0.3 is 4.74 Å². The van der Waals surface area contributed by atoms with Crippen LogP contribution in [0.25, 0.3) is 6.08 Å². The molecule has 1 heterocycles. The number of esters is 1. The van der Waals surface area contributed by atoms with Crippen LogP contribution in [0.2, 0.25) is 0 Å². The van der Waals surface area contributed by atoms with E-state index in [1.807, 2.05) is 0 Å².